The van der Waals surface area contributed by atoms with Gasteiger partial charge in [0.05, 0.1) is 0 Å². The van der Waals surface area contributed by atoms with Crippen molar-refractivity contribution >= 4 is 81.9 Å². The Bertz CT molecular complexity index is 531. The number of hydrogen-bond acceptors (Lipinski definition) is 6. The van der Waals surface area contributed by atoms with Crippen molar-refractivity contribution in [1.29, 1.82) is 0 Å². The van der Waals surface area contributed by atoms with Crippen molar-refractivity contribution in [2.24, 2.45) is 0 Å². The fraction of sp³-hybridized carbons (Fsp3) is 0.333. The van der Waals surface area contributed by atoms with E-state index in [4.69, 9.17) is 79.1 Å². The highest BCUT2D eigenvalue weighted by molar-refractivity contribution is 6.68. The summed E-state index contributed by atoms with van der Waals surface area (Å²) in [6.07, 6.45) is -2.38. The Labute approximate surface area is 166 Å². The molecule has 133 valence electrons. The van der Waals surface area contributed by atoms with Crippen LogP contribution >= 0.6 is 69.6 Å². The van der Waals surface area contributed by atoms with Gasteiger partial charge in [-0.05, 0) is 18.2 Å². The predicted molar refractivity (Wildman–Crippen MR) is 89.8 cm³/mol. The summed E-state index contributed by atoms with van der Waals surface area (Å²) in [5.41, 5.74) is 0. The lowest BCUT2D eigenvalue weighted by Gasteiger charge is -2.14. The monoisotopic (exact) mass is 457 g/mol. The van der Waals surface area contributed by atoms with Crippen LogP contribution in [0.4, 0.5) is 9.59 Å². The van der Waals surface area contributed by atoms with Gasteiger partial charge in [-0.3, -0.25) is 0 Å². The Morgan fingerprint density at radius 1 is 0.875 bits per heavy atom. The summed E-state index contributed by atoms with van der Waals surface area (Å²) in [5, 5.41) is 0. The van der Waals surface area contributed by atoms with E-state index in [1.807, 2.05) is 0 Å². The van der Waals surface area contributed by atoms with Crippen molar-refractivity contribution in [2.45, 2.75) is 7.59 Å². The molecule has 0 unspecified atom stereocenters. The third kappa shape index (κ3) is 9.71. The van der Waals surface area contributed by atoms with Crippen LogP contribution < -0.4 is 9.47 Å². The van der Waals surface area contributed by atoms with Crippen LogP contribution in [0.5, 0.6) is 11.5 Å². The van der Waals surface area contributed by atoms with Crippen LogP contribution in [0.15, 0.2) is 18.2 Å². The highest BCUT2D eigenvalue weighted by Gasteiger charge is 2.25. The second-order valence-corrected chi connectivity index (χ2v) is 8.92. The van der Waals surface area contributed by atoms with E-state index in [0.717, 1.165) is 0 Å². The van der Waals surface area contributed by atoms with Crippen LogP contribution in [0.1, 0.15) is 0 Å². The zero-order valence-electron chi connectivity index (χ0n) is 11.4. The molecule has 0 atom stereocenters. The molecule has 0 N–H and O–H groups in total. The van der Waals surface area contributed by atoms with Gasteiger partial charge in [0.1, 0.15) is 13.2 Å². The second-order valence-electron chi connectivity index (χ2n) is 3.88. The molecule has 0 amide bonds. The van der Waals surface area contributed by atoms with Crippen LogP contribution in [0.3, 0.4) is 0 Å². The van der Waals surface area contributed by atoms with Gasteiger partial charge in [-0.1, -0.05) is 75.7 Å². The average Bonchev–Trinajstić information content (AvgIpc) is 2.44. The molecule has 1 aromatic rings. The summed E-state index contributed by atoms with van der Waals surface area (Å²) in [7, 11) is 0. The van der Waals surface area contributed by atoms with E-state index < -0.39 is 33.1 Å². The number of carbonyl (C=O) groups excluding carboxylic acids is 2. The lowest BCUT2D eigenvalue weighted by Crippen LogP contribution is -2.21. The van der Waals surface area contributed by atoms with E-state index in [1.54, 1.807) is 0 Å². The summed E-state index contributed by atoms with van der Waals surface area (Å²) in [4.78, 5) is 23.0. The number of hydrogen-bond donors (Lipinski definition) is 0. The second kappa shape index (κ2) is 9.27. The molecule has 0 bridgehead atoms. The lowest BCUT2D eigenvalue weighted by molar-refractivity contribution is 0.0909. The molecule has 0 spiro atoms. The van der Waals surface area contributed by atoms with Crippen molar-refractivity contribution in [3.8, 4) is 11.5 Å². The average molecular weight is 460 g/mol. The third-order valence-corrected chi connectivity index (χ3v) is 2.54. The van der Waals surface area contributed by atoms with Crippen LogP contribution in [0, 0.1) is 6.07 Å². The van der Waals surface area contributed by atoms with Gasteiger partial charge in [0, 0.05) is 0 Å². The van der Waals surface area contributed by atoms with E-state index in [-0.39, 0.29) is 11.5 Å². The van der Waals surface area contributed by atoms with Gasteiger partial charge < -0.3 is 18.9 Å². The summed E-state index contributed by atoms with van der Waals surface area (Å²) in [5.74, 6) is -0.369. The van der Waals surface area contributed by atoms with Crippen LogP contribution in [0.25, 0.3) is 0 Å². The van der Waals surface area contributed by atoms with Crippen LogP contribution in [0.2, 0.25) is 0 Å². The van der Waals surface area contributed by atoms with Gasteiger partial charge in [0.25, 0.3) is 0 Å². The standard InChI is InChI=1S/C12H7Cl6O6/c13-11(14,15)5-21-9(19)23-7-3-1-2-4-8(7)24-10(20)22-6-12(16,17)18/h1,3-4H,5-6H2. The van der Waals surface area contributed by atoms with Gasteiger partial charge in [-0.15, -0.1) is 0 Å². The number of ether oxygens (including phenoxy) is 4. The maximum Gasteiger partial charge on any atom is 0.514 e. The van der Waals surface area contributed by atoms with Gasteiger partial charge in [0.15, 0.2) is 11.5 Å². The molecule has 1 rings (SSSR count). The lowest BCUT2D eigenvalue weighted by atomic mass is 10.3. The molecule has 0 saturated carbocycles. The largest absolute Gasteiger partial charge is 0.514 e. The first-order valence-corrected chi connectivity index (χ1v) is 8.06. The Morgan fingerprint density at radius 3 is 1.79 bits per heavy atom. The molecule has 0 aliphatic rings. The first kappa shape index (κ1) is 21.5. The molecule has 0 aliphatic carbocycles. The first-order valence-electron chi connectivity index (χ1n) is 5.79. The SMILES string of the molecule is O=C(OCC(Cl)(Cl)Cl)Oc1c[c]ccc1OC(=O)OCC(Cl)(Cl)Cl. The van der Waals surface area contributed by atoms with Crippen molar-refractivity contribution < 1.29 is 28.5 Å². The normalized spacial score (nSPS) is 11.6. The molecule has 24 heavy (non-hydrogen) atoms. The molecule has 6 nitrogen and oxygen atoms in total. The fourth-order valence-electron chi connectivity index (χ4n) is 1.08. The number of rotatable bonds is 4. The van der Waals surface area contributed by atoms with Gasteiger partial charge >= 0.3 is 12.3 Å². The summed E-state index contributed by atoms with van der Waals surface area (Å²) >= 11 is 32.6. The molecule has 0 aliphatic heterocycles. The number of benzene rings is 1. The molecule has 0 aromatic heterocycles. The molecule has 0 heterocycles. The Hall–Kier alpha value is -0.500. The Kier molecular flexibility index (Phi) is 8.32. The smallest absolute Gasteiger partial charge is 0.429 e. The minimum atomic E-state index is -1.80. The van der Waals surface area contributed by atoms with E-state index in [1.165, 1.54) is 18.2 Å². The summed E-state index contributed by atoms with van der Waals surface area (Å²) < 4.78 is 15.2. The van der Waals surface area contributed by atoms with Gasteiger partial charge in [0.2, 0.25) is 7.59 Å². The minimum Gasteiger partial charge on any atom is -0.429 e. The maximum atomic E-state index is 11.5. The molecule has 1 radical (unpaired) electrons. The maximum absolute atomic E-state index is 11.5. The number of carbonyl (C=O) groups is 2. The van der Waals surface area contributed by atoms with Crippen LogP contribution in [-0.2, 0) is 9.47 Å². The summed E-state index contributed by atoms with van der Waals surface area (Å²) in [6, 6.07) is 6.46. The molecular formula is C12H7Cl6O6. The molecular weight excluding hydrogens is 453 g/mol. The molecule has 0 saturated heterocycles. The van der Waals surface area contributed by atoms with Crippen molar-refractivity contribution in [2.75, 3.05) is 13.2 Å². The van der Waals surface area contributed by atoms with Gasteiger partial charge in [-0.25, -0.2) is 9.59 Å². The van der Waals surface area contributed by atoms with E-state index >= 15 is 0 Å². The highest BCUT2D eigenvalue weighted by atomic mass is 35.6. The zero-order valence-corrected chi connectivity index (χ0v) is 15.9. The molecule has 12 heteroatoms. The van der Waals surface area contributed by atoms with E-state index in [2.05, 4.69) is 15.5 Å². The topological polar surface area (TPSA) is 71.1 Å². The Morgan fingerprint density at radius 2 is 1.33 bits per heavy atom. The van der Waals surface area contributed by atoms with E-state index in [0.29, 0.717) is 0 Å². The van der Waals surface area contributed by atoms with Gasteiger partial charge in [-0.2, -0.15) is 0 Å². The first-order chi connectivity index (χ1) is 11.0. The van der Waals surface area contributed by atoms with Crippen molar-refractivity contribution in [3.05, 3.63) is 24.3 Å². The van der Waals surface area contributed by atoms with E-state index in [9.17, 15) is 9.59 Å². The third-order valence-electron chi connectivity index (χ3n) is 1.88. The van der Waals surface area contributed by atoms with Crippen molar-refractivity contribution in [1.82, 2.24) is 0 Å². The van der Waals surface area contributed by atoms with Crippen molar-refractivity contribution in [3.63, 3.8) is 0 Å². The fourth-order valence-corrected chi connectivity index (χ4v) is 1.41. The number of alkyl halides is 6. The quantitative estimate of drug-likeness (QED) is 0.347. The molecule has 1 aromatic carbocycles. The number of halogens is 6. The summed E-state index contributed by atoms with van der Waals surface area (Å²) in [6.45, 7) is -1.09. The highest BCUT2D eigenvalue weighted by Crippen LogP contribution is 2.30. The molecule has 0 fully saturated rings. The predicted octanol–water partition coefficient (Wildman–Crippen LogP) is 5.26. The zero-order chi connectivity index (χ0) is 18.4. The minimum absolute atomic E-state index is 0.172. The van der Waals surface area contributed by atoms with Crippen LogP contribution in [-0.4, -0.2) is 33.1 Å². The Balaban J connectivity index is 2.64.